The second kappa shape index (κ2) is 5.65. The van der Waals surface area contributed by atoms with E-state index in [9.17, 15) is 5.11 Å². The molecule has 0 aliphatic rings. The fourth-order valence-electron chi connectivity index (χ4n) is 1.93. The normalized spacial score (nSPS) is 12.2. The summed E-state index contributed by atoms with van der Waals surface area (Å²) in [6.07, 6.45) is 3.90. The molecule has 1 aromatic carbocycles. The van der Waals surface area contributed by atoms with Crippen LogP contribution in [0.4, 0.5) is 0 Å². The zero-order chi connectivity index (χ0) is 13.0. The Morgan fingerprint density at radius 3 is 2.50 bits per heavy atom. The topological polar surface area (TPSA) is 33.3 Å². The van der Waals surface area contributed by atoms with Crippen molar-refractivity contribution in [2.24, 2.45) is 7.05 Å². The molecule has 3 heteroatoms. The highest BCUT2D eigenvalue weighted by atomic mass is 16.5. The lowest BCUT2D eigenvalue weighted by molar-refractivity contribution is -0.671. The second-order valence-electron chi connectivity index (χ2n) is 4.33. The number of para-hydroxylation sites is 1. The van der Waals surface area contributed by atoms with Gasteiger partial charge in [0.15, 0.2) is 12.4 Å². The first-order chi connectivity index (χ1) is 8.70. The number of rotatable bonds is 4. The van der Waals surface area contributed by atoms with E-state index in [0.717, 1.165) is 16.9 Å². The standard InChI is InChI=1S/C15H18NO2/c1-16-9-7-12(8-10-16)14(17)11-13-5-3-4-6-15(13)18-2/h3-10,14,17H,11H2,1-2H3/q+1/t14-/m0/s1. The van der Waals surface area contributed by atoms with Crippen molar-refractivity contribution in [2.45, 2.75) is 12.5 Å². The van der Waals surface area contributed by atoms with Crippen LogP contribution in [0.25, 0.3) is 0 Å². The van der Waals surface area contributed by atoms with Crippen LogP contribution in [0.2, 0.25) is 0 Å². The molecule has 0 saturated heterocycles. The Kier molecular flexibility index (Phi) is 3.95. The third-order valence-electron chi connectivity index (χ3n) is 2.99. The molecular weight excluding hydrogens is 226 g/mol. The van der Waals surface area contributed by atoms with Crippen molar-refractivity contribution in [3.05, 3.63) is 59.9 Å². The molecule has 94 valence electrons. The van der Waals surface area contributed by atoms with Crippen LogP contribution in [0.1, 0.15) is 17.2 Å². The highest BCUT2D eigenvalue weighted by molar-refractivity contribution is 5.34. The Balaban J connectivity index is 2.15. The van der Waals surface area contributed by atoms with E-state index in [-0.39, 0.29) is 0 Å². The molecule has 2 aromatic rings. The van der Waals surface area contributed by atoms with Crippen LogP contribution in [-0.4, -0.2) is 12.2 Å². The molecule has 0 saturated carbocycles. The minimum Gasteiger partial charge on any atom is -0.496 e. The maximum atomic E-state index is 10.2. The first kappa shape index (κ1) is 12.6. The van der Waals surface area contributed by atoms with Crippen LogP contribution >= 0.6 is 0 Å². The first-order valence-corrected chi connectivity index (χ1v) is 5.96. The molecule has 1 N–H and O–H groups in total. The molecular formula is C15H18NO2+. The predicted octanol–water partition coefficient (Wildman–Crippen LogP) is 1.80. The summed E-state index contributed by atoms with van der Waals surface area (Å²) in [5.74, 6) is 0.818. The Bertz CT molecular complexity index is 508. The summed E-state index contributed by atoms with van der Waals surface area (Å²) in [4.78, 5) is 0. The van der Waals surface area contributed by atoms with E-state index in [2.05, 4.69) is 0 Å². The monoisotopic (exact) mass is 244 g/mol. The molecule has 0 bridgehead atoms. The largest absolute Gasteiger partial charge is 0.496 e. The molecule has 3 nitrogen and oxygen atoms in total. The van der Waals surface area contributed by atoms with E-state index in [1.54, 1.807) is 7.11 Å². The number of pyridine rings is 1. The van der Waals surface area contributed by atoms with Gasteiger partial charge >= 0.3 is 0 Å². The summed E-state index contributed by atoms with van der Waals surface area (Å²) in [7, 11) is 3.60. The van der Waals surface area contributed by atoms with E-state index in [1.807, 2.05) is 60.4 Å². The molecule has 0 aliphatic carbocycles. The number of methoxy groups -OCH3 is 1. The summed E-state index contributed by atoms with van der Waals surface area (Å²) in [5, 5.41) is 10.2. The minimum absolute atomic E-state index is 0.512. The van der Waals surface area contributed by atoms with Gasteiger partial charge in [0.05, 0.1) is 13.2 Å². The quantitative estimate of drug-likeness (QED) is 0.832. The van der Waals surface area contributed by atoms with Crippen molar-refractivity contribution in [1.29, 1.82) is 0 Å². The SMILES string of the molecule is COc1ccccc1C[C@H](O)c1cc[n+](C)cc1. The lowest BCUT2D eigenvalue weighted by Gasteiger charge is -2.13. The fourth-order valence-corrected chi connectivity index (χ4v) is 1.93. The molecule has 2 rings (SSSR count). The van der Waals surface area contributed by atoms with Gasteiger partial charge in [-0.2, -0.15) is 0 Å². The number of hydrogen-bond acceptors (Lipinski definition) is 2. The Hall–Kier alpha value is -1.87. The van der Waals surface area contributed by atoms with E-state index in [1.165, 1.54) is 0 Å². The predicted molar refractivity (Wildman–Crippen MR) is 69.3 cm³/mol. The van der Waals surface area contributed by atoms with Crippen molar-refractivity contribution in [3.8, 4) is 5.75 Å². The minimum atomic E-state index is -0.512. The van der Waals surface area contributed by atoms with E-state index in [4.69, 9.17) is 4.74 Å². The van der Waals surface area contributed by atoms with Crippen LogP contribution in [0.3, 0.4) is 0 Å². The molecule has 1 atom stereocenters. The van der Waals surface area contributed by atoms with Gasteiger partial charge in [-0.15, -0.1) is 0 Å². The highest BCUT2D eigenvalue weighted by Gasteiger charge is 2.12. The molecule has 1 heterocycles. The Labute approximate surface area is 107 Å². The van der Waals surface area contributed by atoms with Crippen LogP contribution in [0.5, 0.6) is 5.75 Å². The smallest absolute Gasteiger partial charge is 0.168 e. The summed E-state index contributed by atoms with van der Waals surface area (Å²) in [6.45, 7) is 0. The van der Waals surface area contributed by atoms with Crippen molar-refractivity contribution >= 4 is 0 Å². The van der Waals surface area contributed by atoms with Gasteiger partial charge in [0, 0.05) is 18.6 Å². The Morgan fingerprint density at radius 1 is 1.17 bits per heavy atom. The summed E-state index contributed by atoms with van der Waals surface area (Å²) in [6, 6.07) is 11.6. The number of aliphatic hydroxyl groups is 1. The molecule has 1 aromatic heterocycles. The van der Waals surface area contributed by atoms with Gasteiger partial charge in [0.2, 0.25) is 0 Å². The van der Waals surface area contributed by atoms with Gasteiger partial charge in [-0.1, -0.05) is 18.2 Å². The summed E-state index contributed by atoms with van der Waals surface area (Å²) < 4.78 is 7.23. The summed E-state index contributed by atoms with van der Waals surface area (Å²) in [5.41, 5.74) is 1.93. The number of ether oxygens (including phenoxy) is 1. The average molecular weight is 244 g/mol. The van der Waals surface area contributed by atoms with Crippen molar-refractivity contribution in [3.63, 3.8) is 0 Å². The number of hydrogen-bond donors (Lipinski definition) is 1. The molecule has 0 amide bonds. The molecule has 18 heavy (non-hydrogen) atoms. The van der Waals surface area contributed by atoms with Gasteiger partial charge in [0.25, 0.3) is 0 Å². The number of nitrogens with zero attached hydrogens (tertiary/aromatic N) is 1. The molecule has 0 aliphatic heterocycles. The van der Waals surface area contributed by atoms with Gasteiger partial charge in [-0.25, -0.2) is 4.57 Å². The maximum Gasteiger partial charge on any atom is 0.168 e. The first-order valence-electron chi connectivity index (χ1n) is 5.96. The van der Waals surface area contributed by atoms with E-state index < -0.39 is 6.10 Å². The van der Waals surface area contributed by atoms with E-state index in [0.29, 0.717) is 6.42 Å². The average Bonchev–Trinajstić information content (AvgIpc) is 2.40. The zero-order valence-corrected chi connectivity index (χ0v) is 10.7. The zero-order valence-electron chi connectivity index (χ0n) is 10.7. The summed E-state index contributed by atoms with van der Waals surface area (Å²) >= 11 is 0. The van der Waals surface area contributed by atoms with Crippen LogP contribution < -0.4 is 9.30 Å². The van der Waals surface area contributed by atoms with Crippen LogP contribution in [0, 0.1) is 0 Å². The van der Waals surface area contributed by atoms with Crippen LogP contribution in [-0.2, 0) is 13.5 Å². The lowest BCUT2D eigenvalue weighted by Crippen LogP contribution is -2.26. The van der Waals surface area contributed by atoms with Crippen LogP contribution in [0.15, 0.2) is 48.8 Å². The molecule has 0 unspecified atom stereocenters. The third kappa shape index (κ3) is 2.87. The van der Waals surface area contributed by atoms with Gasteiger partial charge in [-0.05, 0) is 17.2 Å². The van der Waals surface area contributed by atoms with Gasteiger partial charge < -0.3 is 9.84 Å². The van der Waals surface area contributed by atoms with Crippen molar-refractivity contribution in [1.82, 2.24) is 0 Å². The number of aliphatic hydroxyl groups excluding tert-OH is 1. The molecule has 0 radical (unpaired) electrons. The number of aromatic nitrogens is 1. The third-order valence-corrected chi connectivity index (χ3v) is 2.99. The van der Waals surface area contributed by atoms with E-state index >= 15 is 0 Å². The van der Waals surface area contributed by atoms with Crippen molar-refractivity contribution in [2.75, 3.05) is 7.11 Å². The fraction of sp³-hybridized carbons (Fsp3) is 0.267. The Morgan fingerprint density at radius 2 is 1.83 bits per heavy atom. The molecule has 0 spiro atoms. The van der Waals surface area contributed by atoms with Gasteiger partial charge in [0.1, 0.15) is 12.8 Å². The highest BCUT2D eigenvalue weighted by Crippen LogP contribution is 2.24. The maximum absolute atomic E-state index is 10.2. The van der Waals surface area contributed by atoms with Gasteiger partial charge in [-0.3, -0.25) is 0 Å². The van der Waals surface area contributed by atoms with Crippen molar-refractivity contribution < 1.29 is 14.4 Å². The number of benzene rings is 1. The second-order valence-corrected chi connectivity index (χ2v) is 4.33. The lowest BCUT2D eigenvalue weighted by atomic mass is 10.0. The number of aryl methyl sites for hydroxylation is 1. The molecule has 0 fully saturated rings.